The quantitative estimate of drug-likeness (QED) is 0.625. The third-order valence-electron chi connectivity index (χ3n) is 1.92. The van der Waals surface area contributed by atoms with Crippen LogP contribution in [0.4, 0.5) is 0 Å². The Morgan fingerprint density at radius 1 is 1.38 bits per heavy atom. The molecule has 0 spiro atoms. The zero-order chi connectivity index (χ0) is 9.10. The van der Waals surface area contributed by atoms with Crippen LogP contribution in [0, 0.1) is 0 Å². The van der Waals surface area contributed by atoms with Crippen LogP contribution in [-0.2, 0) is 9.53 Å². The van der Waals surface area contributed by atoms with Gasteiger partial charge in [-0.2, -0.15) is 0 Å². The van der Waals surface area contributed by atoms with Crippen LogP contribution in [0.1, 0.15) is 11.7 Å². The van der Waals surface area contributed by atoms with Crippen molar-refractivity contribution in [1.29, 1.82) is 0 Å². The Labute approximate surface area is 75.3 Å². The molecule has 0 bridgehead atoms. The zero-order valence-electron chi connectivity index (χ0n) is 6.83. The average Bonchev–Trinajstić information content (AvgIpc) is 2.67. The van der Waals surface area contributed by atoms with Crippen LogP contribution >= 0.6 is 0 Å². The van der Waals surface area contributed by atoms with Crippen molar-refractivity contribution in [3.8, 4) is 0 Å². The van der Waals surface area contributed by atoms with Crippen molar-refractivity contribution in [3.63, 3.8) is 0 Å². The zero-order valence-corrected chi connectivity index (χ0v) is 6.83. The van der Waals surface area contributed by atoms with Crippen molar-refractivity contribution >= 4 is 12.7 Å². The van der Waals surface area contributed by atoms with Crippen molar-refractivity contribution in [2.45, 2.75) is 12.1 Å². The summed E-state index contributed by atoms with van der Waals surface area (Å²) < 4.78 is 5.19. The molecular weight excluding hydrogens is 168 g/mol. The maximum absolute atomic E-state index is 10.6. The summed E-state index contributed by atoms with van der Waals surface area (Å²) in [6.07, 6.45) is 5.16. The predicted octanol–water partition coefficient (Wildman–Crippen LogP) is 0.749. The number of hydrogen-bond acceptors (Lipinski definition) is 4. The molecule has 0 N–H and O–H groups in total. The number of pyridine rings is 1. The van der Waals surface area contributed by atoms with E-state index in [0.29, 0.717) is 0 Å². The Kier molecular flexibility index (Phi) is 2.04. The largest absolute Gasteiger partial charge is 0.473 e. The molecule has 0 amide bonds. The Hall–Kier alpha value is -1.71. The number of nitrogens with zero attached hydrogens (tertiary/aromatic N) is 2. The van der Waals surface area contributed by atoms with Crippen molar-refractivity contribution in [2.75, 3.05) is 0 Å². The second kappa shape index (κ2) is 3.35. The van der Waals surface area contributed by atoms with Gasteiger partial charge < -0.3 is 9.53 Å². The average molecular weight is 176 g/mol. The summed E-state index contributed by atoms with van der Waals surface area (Å²) in [7, 11) is 0. The SMILES string of the molecule is O=C[C@@H]1N=CO[C@H]1c1ccncc1. The fourth-order valence-electron chi connectivity index (χ4n) is 1.27. The van der Waals surface area contributed by atoms with E-state index in [-0.39, 0.29) is 6.10 Å². The minimum Gasteiger partial charge on any atom is -0.473 e. The molecule has 0 radical (unpaired) electrons. The van der Waals surface area contributed by atoms with Crippen LogP contribution < -0.4 is 0 Å². The molecule has 1 aromatic heterocycles. The van der Waals surface area contributed by atoms with Gasteiger partial charge in [-0.15, -0.1) is 0 Å². The molecule has 0 fully saturated rings. The molecule has 0 saturated carbocycles. The summed E-state index contributed by atoms with van der Waals surface area (Å²) in [5.74, 6) is 0. The van der Waals surface area contributed by atoms with Crippen LogP contribution in [0.2, 0.25) is 0 Å². The third-order valence-corrected chi connectivity index (χ3v) is 1.92. The van der Waals surface area contributed by atoms with Crippen LogP contribution in [0.5, 0.6) is 0 Å². The summed E-state index contributed by atoms with van der Waals surface area (Å²) >= 11 is 0. The monoisotopic (exact) mass is 176 g/mol. The highest BCUT2D eigenvalue weighted by Crippen LogP contribution is 2.24. The molecule has 0 saturated heterocycles. The van der Waals surface area contributed by atoms with Crippen molar-refractivity contribution in [2.24, 2.45) is 4.99 Å². The minimum absolute atomic E-state index is 0.277. The number of carbonyl (C=O) groups is 1. The normalized spacial score (nSPS) is 25.5. The van der Waals surface area contributed by atoms with Gasteiger partial charge in [0.05, 0.1) is 0 Å². The summed E-state index contributed by atoms with van der Waals surface area (Å²) in [5.41, 5.74) is 0.921. The third kappa shape index (κ3) is 1.42. The second-order valence-electron chi connectivity index (χ2n) is 2.72. The molecule has 0 unspecified atom stereocenters. The minimum atomic E-state index is -0.414. The lowest BCUT2D eigenvalue weighted by Gasteiger charge is -2.11. The van der Waals surface area contributed by atoms with Gasteiger partial charge in [0, 0.05) is 12.4 Å². The van der Waals surface area contributed by atoms with Gasteiger partial charge in [-0.05, 0) is 17.7 Å². The topological polar surface area (TPSA) is 51.5 Å². The Morgan fingerprint density at radius 3 is 2.85 bits per heavy atom. The van der Waals surface area contributed by atoms with Gasteiger partial charge in [-0.3, -0.25) is 4.98 Å². The van der Waals surface area contributed by atoms with E-state index in [9.17, 15) is 4.79 Å². The molecule has 0 aromatic carbocycles. The smallest absolute Gasteiger partial charge is 0.171 e. The first-order chi connectivity index (χ1) is 6.42. The molecule has 2 heterocycles. The molecule has 4 heteroatoms. The highest BCUT2D eigenvalue weighted by Gasteiger charge is 2.26. The molecule has 1 aliphatic heterocycles. The van der Waals surface area contributed by atoms with Crippen LogP contribution in [-0.4, -0.2) is 23.7 Å². The van der Waals surface area contributed by atoms with E-state index in [1.54, 1.807) is 12.4 Å². The number of hydrogen-bond donors (Lipinski definition) is 0. The van der Waals surface area contributed by atoms with Crippen LogP contribution in [0.3, 0.4) is 0 Å². The predicted molar refractivity (Wildman–Crippen MR) is 46.4 cm³/mol. The van der Waals surface area contributed by atoms with E-state index in [1.165, 1.54) is 6.40 Å². The molecule has 13 heavy (non-hydrogen) atoms. The lowest BCUT2D eigenvalue weighted by molar-refractivity contribution is -0.110. The molecule has 4 nitrogen and oxygen atoms in total. The summed E-state index contributed by atoms with van der Waals surface area (Å²) in [5, 5.41) is 0. The molecule has 66 valence electrons. The van der Waals surface area contributed by atoms with Gasteiger partial charge in [0.2, 0.25) is 0 Å². The number of carbonyl (C=O) groups excluding carboxylic acids is 1. The fraction of sp³-hybridized carbons (Fsp3) is 0.222. The maximum atomic E-state index is 10.6. The highest BCUT2D eigenvalue weighted by atomic mass is 16.5. The lowest BCUT2D eigenvalue weighted by atomic mass is 10.1. The maximum Gasteiger partial charge on any atom is 0.171 e. The highest BCUT2D eigenvalue weighted by molar-refractivity contribution is 5.66. The van der Waals surface area contributed by atoms with Gasteiger partial charge in [0.15, 0.2) is 12.5 Å². The van der Waals surface area contributed by atoms with Gasteiger partial charge in [0.25, 0.3) is 0 Å². The molecular formula is C9H8N2O2. The van der Waals surface area contributed by atoms with E-state index in [4.69, 9.17) is 4.74 Å². The Balaban J connectivity index is 2.23. The summed E-state index contributed by atoms with van der Waals surface area (Å²) in [6, 6.07) is 3.22. The van der Waals surface area contributed by atoms with E-state index in [1.807, 2.05) is 12.1 Å². The first-order valence-electron chi connectivity index (χ1n) is 3.94. The van der Waals surface area contributed by atoms with Crippen LogP contribution in [0.15, 0.2) is 29.5 Å². The first-order valence-corrected chi connectivity index (χ1v) is 3.94. The summed E-state index contributed by atoms with van der Waals surface area (Å²) in [6.45, 7) is 0. The fourth-order valence-corrected chi connectivity index (χ4v) is 1.27. The van der Waals surface area contributed by atoms with E-state index in [2.05, 4.69) is 9.98 Å². The molecule has 2 atom stereocenters. The number of aromatic nitrogens is 1. The van der Waals surface area contributed by atoms with Crippen LogP contribution in [0.25, 0.3) is 0 Å². The number of aldehydes is 1. The van der Waals surface area contributed by atoms with Crippen molar-refractivity contribution in [3.05, 3.63) is 30.1 Å². The lowest BCUT2D eigenvalue weighted by Crippen LogP contribution is -2.14. The molecule has 1 aromatic rings. The van der Waals surface area contributed by atoms with Gasteiger partial charge in [-0.25, -0.2) is 4.99 Å². The number of aliphatic imine (C=N–C) groups is 1. The Bertz CT molecular complexity index is 324. The standard InChI is InChI=1S/C9H8N2O2/c12-5-8-9(13-6-11-8)7-1-3-10-4-2-7/h1-6,8-9H/t8-,9-/m0/s1. The van der Waals surface area contributed by atoms with Gasteiger partial charge in [0.1, 0.15) is 12.3 Å². The molecule has 1 aliphatic rings. The van der Waals surface area contributed by atoms with E-state index in [0.717, 1.165) is 11.8 Å². The summed E-state index contributed by atoms with van der Waals surface area (Å²) in [4.78, 5) is 18.3. The molecule has 2 rings (SSSR count). The Morgan fingerprint density at radius 2 is 2.15 bits per heavy atom. The van der Waals surface area contributed by atoms with Crippen molar-refractivity contribution in [1.82, 2.24) is 4.98 Å². The number of ether oxygens (including phenoxy) is 1. The van der Waals surface area contributed by atoms with Crippen molar-refractivity contribution < 1.29 is 9.53 Å². The first kappa shape index (κ1) is 7.91. The van der Waals surface area contributed by atoms with Gasteiger partial charge >= 0.3 is 0 Å². The van der Waals surface area contributed by atoms with E-state index < -0.39 is 6.04 Å². The van der Waals surface area contributed by atoms with Gasteiger partial charge in [-0.1, -0.05) is 0 Å². The number of rotatable bonds is 2. The molecule has 0 aliphatic carbocycles. The second-order valence-corrected chi connectivity index (χ2v) is 2.72. The van der Waals surface area contributed by atoms with E-state index >= 15 is 0 Å².